The van der Waals surface area contributed by atoms with Gasteiger partial charge in [0.15, 0.2) is 0 Å². The molecule has 2 aromatic rings. The fourth-order valence-corrected chi connectivity index (χ4v) is 1.49. The third-order valence-electron chi connectivity index (χ3n) is 2.36. The molecule has 0 aliphatic rings. The molecule has 0 atom stereocenters. The van der Waals surface area contributed by atoms with Gasteiger partial charge in [-0.25, -0.2) is 4.79 Å². The van der Waals surface area contributed by atoms with Gasteiger partial charge < -0.3 is 9.26 Å². The molecule has 0 N–H and O–H groups in total. The van der Waals surface area contributed by atoms with Crippen molar-refractivity contribution in [1.29, 1.82) is 0 Å². The molecule has 0 amide bonds. The predicted octanol–water partition coefficient (Wildman–Crippen LogP) is 2.23. The normalized spacial score (nSPS) is 9.89. The molecule has 19 heavy (non-hydrogen) atoms. The Morgan fingerprint density at radius 2 is 2.37 bits per heavy atom. The fraction of sp³-hybridized carbons (Fsp3) is 0.214. The molecule has 0 fully saturated rings. The van der Waals surface area contributed by atoms with Crippen LogP contribution < -0.4 is 0 Å². The number of aromatic nitrogens is 2. The van der Waals surface area contributed by atoms with E-state index in [-0.39, 0.29) is 6.61 Å². The van der Waals surface area contributed by atoms with Crippen molar-refractivity contribution in [2.45, 2.75) is 13.3 Å². The molecule has 0 unspecified atom stereocenters. The van der Waals surface area contributed by atoms with E-state index in [4.69, 9.17) is 15.7 Å². The van der Waals surface area contributed by atoms with Crippen LogP contribution >= 0.6 is 0 Å². The first-order valence-corrected chi connectivity index (χ1v) is 5.72. The van der Waals surface area contributed by atoms with Crippen LogP contribution in [0.3, 0.4) is 0 Å². The number of hydrogen-bond acceptors (Lipinski definition) is 5. The first-order valence-electron chi connectivity index (χ1n) is 5.72. The average Bonchev–Trinajstić information content (AvgIpc) is 2.86. The van der Waals surface area contributed by atoms with Crippen LogP contribution in [0.4, 0.5) is 0 Å². The summed E-state index contributed by atoms with van der Waals surface area (Å²) < 4.78 is 9.92. The van der Waals surface area contributed by atoms with Gasteiger partial charge in [0, 0.05) is 18.9 Å². The highest BCUT2D eigenvalue weighted by molar-refractivity contribution is 5.90. The molecular weight excluding hydrogens is 244 g/mol. The Morgan fingerprint density at radius 1 is 1.53 bits per heavy atom. The van der Waals surface area contributed by atoms with Gasteiger partial charge in [-0.05, 0) is 12.1 Å². The van der Waals surface area contributed by atoms with Crippen molar-refractivity contribution in [1.82, 2.24) is 10.1 Å². The minimum Gasteiger partial charge on any atom is -0.461 e. The van der Waals surface area contributed by atoms with Gasteiger partial charge in [0.25, 0.3) is 0 Å². The number of carbonyl (C=O) groups is 1. The molecule has 0 spiro atoms. The predicted molar refractivity (Wildman–Crippen MR) is 68.2 cm³/mol. The van der Waals surface area contributed by atoms with E-state index in [1.165, 1.54) is 0 Å². The van der Waals surface area contributed by atoms with Gasteiger partial charge in [0.2, 0.25) is 11.7 Å². The van der Waals surface area contributed by atoms with Crippen molar-refractivity contribution in [2.24, 2.45) is 0 Å². The van der Waals surface area contributed by atoms with Gasteiger partial charge in [0.1, 0.15) is 6.61 Å². The lowest BCUT2D eigenvalue weighted by molar-refractivity contribution is 0.0514. The minimum absolute atomic E-state index is 0.209. The van der Waals surface area contributed by atoms with Crippen molar-refractivity contribution in [3.63, 3.8) is 0 Å². The summed E-state index contributed by atoms with van der Waals surface area (Å²) in [5.74, 6) is 2.90. The molecule has 1 aromatic carbocycles. The second-order valence-electron chi connectivity index (χ2n) is 3.81. The number of nitrogens with zero attached hydrogens (tertiary/aromatic N) is 2. The van der Waals surface area contributed by atoms with Gasteiger partial charge in [-0.15, -0.1) is 12.3 Å². The van der Waals surface area contributed by atoms with Crippen molar-refractivity contribution >= 4 is 5.97 Å². The van der Waals surface area contributed by atoms with E-state index in [9.17, 15) is 4.79 Å². The third-order valence-corrected chi connectivity index (χ3v) is 2.36. The largest absolute Gasteiger partial charge is 0.461 e. The van der Waals surface area contributed by atoms with Crippen LogP contribution in [0, 0.1) is 19.3 Å². The summed E-state index contributed by atoms with van der Waals surface area (Å²) in [7, 11) is 0. The highest BCUT2D eigenvalue weighted by Crippen LogP contribution is 2.17. The zero-order valence-corrected chi connectivity index (χ0v) is 10.4. The van der Waals surface area contributed by atoms with E-state index < -0.39 is 5.97 Å². The molecule has 1 aromatic heterocycles. The van der Waals surface area contributed by atoms with Gasteiger partial charge in [-0.1, -0.05) is 17.3 Å². The number of esters is 1. The van der Waals surface area contributed by atoms with Crippen LogP contribution in [-0.2, 0) is 4.74 Å². The van der Waals surface area contributed by atoms with E-state index >= 15 is 0 Å². The molecule has 0 saturated carbocycles. The Kier molecular flexibility index (Phi) is 3.94. The highest BCUT2D eigenvalue weighted by Gasteiger charge is 2.11. The summed E-state index contributed by atoms with van der Waals surface area (Å²) in [6.45, 7) is 1.91. The SMILES string of the molecule is C#CCCOC(=O)c1cccc(-c2noc(C)n2)c1. The summed E-state index contributed by atoms with van der Waals surface area (Å²) >= 11 is 0. The molecule has 0 aliphatic heterocycles. The van der Waals surface area contributed by atoms with Gasteiger partial charge in [-0.2, -0.15) is 4.98 Å². The van der Waals surface area contributed by atoms with E-state index in [0.717, 1.165) is 0 Å². The van der Waals surface area contributed by atoms with Crippen molar-refractivity contribution in [3.8, 4) is 23.7 Å². The van der Waals surface area contributed by atoms with Crippen LogP contribution in [0.5, 0.6) is 0 Å². The fourth-order valence-electron chi connectivity index (χ4n) is 1.49. The molecule has 0 aliphatic carbocycles. The standard InChI is InChI=1S/C14H12N2O3/c1-3-4-8-18-14(17)12-7-5-6-11(9-12)13-15-10(2)19-16-13/h1,5-7,9H,4,8H2,2H3. The third kappa shape index (κ3) is 3.19. The lowest BCUT2D eigenvalue weighted by Crippen LogP contribution is -2.06. The number of hydrogen-bond donors (Lipinski definition) is 0. The molecule has 96 valence electrons. The summed E-state index contributed by atoms with van der Waals surface area (Å²) in [6.07, 6.45) is 5.49. The monoisotopic (exact) mass is 256 g/mol. The van der Waals surface area contributed by atoms with Gasteiger partial charge >= 0.3 is 5.97 Å². The first kappa shape index (κ1) is 12.8. The molecule has 2 rings (SSSR count). The molecular formula is C14H12N2O3. The molecule has 0 saturated heterocycles. The summed E-state index contributed by atoms with van der Waals surface area (Å²) in [6, 6.07) is 6.85. The molecule has 5 nitrogen and oxygen atoms in total. The van der Waals surface area contributed by atoms with Crippen LogP contribution in [-0.4, -0.2) is 22.7 Å². The Labute approximate surface area is 110 Å². The lowest BCUT2D eigenvalue weighted by Gasteiger charge is -2.03. The van der Waals surface area contributed by atoms with Crippen LogP contribution in [0.1, 0.15) is 22.7 Å². The second-order valence-corrected chi connectivity index (χ2v) is 3.81. The maximum Gasteiger partial charge on any atom is 0.338 e. The summed E-state index contributed by atoms with van der Waals surface area (Å²) in [5, 5.41) is 3.80. The molecule has 5 heteroatoms. The maximum absolute atomic E-state index is 11.8. The molecule has 0 bridgehead atoms. The Bertz CT molecular complexity index is 626. The number of ether oxygens (including phenoxy) is 1. The average molecular weight is 256 g/mol. The van der Waals surface area contributed by atoms with Crippen molar-refractivity contribution in [3.05, 3.63) is 35.7 Å². The topological polar surface area (TPSA) is 65.2 Å². The Hall–Kier alpha value is -2.61. The second kappa shape index (κ2) is 5.83. The number of benzene rings is 1. The number of carbonyl (C=O) groups excluding carboxylic acids is 1. The minimum atomic E-state index is -0.419. The van der Waals surface area contributed by atoms with Gasteiger partial charge in [0.05, 0.1) is 5.56 Å². The lowest BCUT2D eigenvalue weighted by atomic mass is 10.1. The first-order chi connectivity index (χ1) is 9.20. The van der Waals surface area contributed by atoms with E-state index in [0.29, 0.717) is 29.3 Å². The van der Waals surface area contributed by atoms with E-state index in [1.54, 1.807) is 31.2 Å². The van der Waals surface area contributed by atoms with Crippen molar-refractivity contribution < 1.29 is 14.1 Å². The molecule has 0 radical (unpaired) electrons. The van der Waals surface area contributed by atoms with Crippen molar-refractivity contribution in [2.75, 3.05) is 6.61 Å². The number of aryl methyl sites for hydroxylation is 1. The Balaban J connectivity index is 2.15. The summed E-state index contributed by atoms with van der Waals surface area (Å²) in [5.41, 5.74) is 1.13. The number of terminal acetylenes is 1. The Morgan fingerprint density at radius 3 is 3.05 bits per heavy atom. The summed E-state index contributed by atoms with van der Waals surface area (Å²) in [4.78, 5) is 15.9. The zero-order valence-electron chi connectivity index (χ0n) is 10.4. The van der Waals surface area contributed by atoms with E-state index in [1.807, 2.05) is 0 Å². The van der Waals surface area contributed by atoms with Crippen LogP contribution in [0.25, 0.3) is 11.4 Å². The zero-order chi connectivity index (χ0) is 13.7. The van der Waals surface area contributed by atoms with Crippen LogP contribution in [0.2, 0.25) is 0 Å². The maximum atomic E-state index is 11.8. The number of rotatable bonds is 4. The quantitative estimate of drug-likeness (QED) is 0.476. The van der Waals surface area contributed by atoms with Crippen LogP contribution in [0.15, 0.2) is 28.8 Å². The smallest absolute Gasteiger partial charge is 0.338 e. The highest BCUT2D eigenvalue weighted by atomic mass is 16.5. The molecule has 1 heterocycles. The van der Waals surface area contributed by atoms with E-state index in [2.05, 4.69) is 16.1 Å². The van der Waals surface area contributed by atoms with Gasteiger partial charge in [-0.3, -0.25) is 0 Å².